The Labute approximate surface area is 142 Å². The van der Waals surface area contributed by atoms with E-state index in [1.54, 1.807) is 12.8 Å². The van der Waals surface area contributed by atoms with E-state index in [1.807, 2.05) is 0 Å². The monoisotopic (exact) mass is 320 g/mol. The minimum atomic E-state index is -0.161. The van der Waals surface area contributed by atoms with Gasteiger partial charge in [-0.15, -0.1) is 0 Å². The minimum absolute atomic E-state index is 0.161. The summed E-state index contributed by atoms with van der Waals surface area (Å²) in [6, 6.07) is 0. The summed E-state index contributed by atoms with van der Waals surface area (Å²) in [6.45, 7) is 3.99. The molecule has 1 spiro atoms. The van der Waals surface area contributed by atoms with Gasteiger partial charge in [-0.25, -0.2) is 0 Å². The zero-order valence-corrected chi connectivity index (χ0v) is 15.1. The smallest absolute Gasteiger partial charge is 0.168 e. The largest absolute Gasteiger partial charge is 0.348 e. The van der Waals surface area contributed by atoms with Gasteiger partial charge in [0.1, 0.15) is 0 Å². The average Bonchev–Trinajstić information content (AvgIpc) is 3.04. The molecular weight excluding hydrogens is 284 g/mol. The van der Waals surface area contributed by atoms with E-state index in [4.69, 9.17) is 9.47 Å². The van der Waals surface area contributed by atoms with Crippen molar-refractivity contribution in [2.75, 3.05) is 13.2 Å². The summed E-state index contributed by atoms with van der Waals surface area (Å²) in [5.74, 6) is 5.01. The highest BCUT2D eigenvalue weighted by molar-refractivity contribution is 4.91. The van der Waals surface area contributed by atoms with E-state index in [-0.39, 0.29) is 5.79 Å². The van der Waals surface area contributed by atoms with Crippen molar-refractivity contribution in [1.29, 1.82) is 0 Å². The molecule has 0 aromatic rings. The van der Waals surface area contributed by atoms with Crippen molar-refractivity contribution in [1.82, 2.24) is 0 Å². The summed E-state index contributed by atoms with van der Waals surface area (Å²) < 4.78 is 11.8. The first kappa shape index (κ1) is 16.4. The predicted molar refractivity (Wildman–Crippen MR) is 93.2 cm³/mol. The van der Waals surface area contributed by atoms with Gasteiger partial charge in [0.15, 0.2) is 5.79 Å². The Balaban J connectivity index is 1.28. The fourth-order valence-corrected chi connectivity index (χ4v) is 6.46. The molecule has 2 nitrogen and oxygen atoms in total. The van der Waals surface area contributed by atoms with Crippen LogP contribution < -0.4 is 0 Å². The van der Waals surface area contributed by atoms with Gasteiger partial charge in [-0.1, -0.05) is 26.2 Å². The second kappa shape index (κ2) is 7.04. The summed E-state index contributed by atoms with van der Waals surface area (Å²) >= 11 is 0. The molecule has 0 radical (unpaired) electrons. The zero-order chi connectivity index (χ0) is 15.7. The lowest BCUT2D eigenvalue weighted by Crippen LogP contribution is -2.39. The first-order valence-electron chi connectivity index (χ1n) is 10.6. The number of hydrogen-bond acceptors (Lipinski definition) is 2. The van der Waals surface area contributed by atoms with Crippen LogP contribution in [0, 0.1) is 29.6 Å². The predicted octanol–water partition coefficient (Wildman–Crippen LogP) is 5.55. The van der Waals surface area contributed by atoms with Gasteiger partial charge in [0.05, 0.1) is 13.2 Å². The first-order valence-corrected chi connectivity index (χ1v) is 10.6. The van der Waals surface area contributed by atoms with Crippen LogP contribution in [0.25, 0.3) is 0 Å². The maximum absolute atomic E-state index is 5.92. The topological polar surface area (TPSA) is 18.5 Å². The van der Waals surface area contributed by atoms with Crippen LogP contribution in [0.5, 0.6) is 0 Å². The van der Waals surface area contributed by atoms with Crippen molar-refractivity contribution >= 4 is 0 Å². The van der Waals surface area contributed by atoms with E-state index in [9.17, 15) is 0 Å². The molecule has 0 aromatic carbocycles. The Morgan fingerprint density at radius 2 is 1.35 bits per heavy atom. The average molecular weight is 321 g/mol. The van der Waals surface area contributed by atoms with E-state index in [0.29, 0.717) is 0 Å². The molecular formula is C21H36O2. The molecule has 4 aliphatic rings. The SMILES string of the molecule is CCC[C@H]1CC[C@@H]2CC(C3CCC4(CC3)OCCO4)CC[C@H]2C1. The standard InChI is InChI=1S/C21H36O2/c1-2-3-16-4-5-20-15-19(7-6-18(20)14-16)17-8-10-21(11-9-17)22-12-13-23-21/h16-20H,2-15H2,1H3/t16-,18-,19?,20+/m0/s1. The van der Waals surface area contributed by atoms with E-state index in [0.717, 1.165) is 55.6 Å². The summed E-state index contributed by atoms with van der Waals surface area (Å²) in [4.78, 5) is 0. The maximum atomic E-state index is 5.92. The Morgan fingerprint density at radius 1 is 0.739 bits per heavy atom. The van der Waals surface area contributed by atoms with Crippen molar-refractivity contribution < 1.29 is 9.47 Å². The van der Waals surface area contributed by atoms with Crippen LogP contribution >= 0.6 is 0 Å². The van der Waals surface area contributed by atoms with Gasteiger partial charge in [0.2, 0.25) is 0 Å². The molecule has 4 atom stereocenters. The van der Waals surface area contributed by atoms with Gasteiger partial charge in [-0.3, -0.25) is 0 Å². The third-order valence-electron chi connectivity index (χ3n) is 7.73. The van der Waals surface area contributed by atoms with Crippen LogP contribution in [0.1, 0.15) is 84.0 Å². The van der Waals surface area contributed by atoms with Gasteiger partial charge < -0.3 is 9.47 Å². The van der Waals surface area contributed by atoms with Crippen LogP contribution in [-0.4, -0.2) is 19.0 Å². The molecule has 1 unspecified atom stereocenters. The van der Waals surface area contributed by atoms with Crippen molar-refractivity contribution in [3.8, 4) is 0 Å². The molecule has 4 rings (SSSR count). The Bertz CT molecular complexity index is 377. The third kappa shape index (κ3) is 3.49. The fourth-order valence-electron chi connectivity index (χ4n) is 6.46. The molecule has 4 fully saturated rings. The number of hydrogen-bond donors (Lipinski definition) is 0. The van der Waals surface area contributed by atoms with Crippen LogP contribution in [0.3, 0.4) is 0 Å². The second-order valence-electron chi connectivity index (χ2n) is 9.01. The second-order valence-corrected chi connectivity index (χ2v) is 9.01. The van der Waals surface area contributed by atoms with Crippen molar-refractivity contribution in [3.63, 3.8) is 0 Å². The third-order valence-corrected chi connectivity index (χ3v) is 7.73. The van der Waals surface area contributed by atoms with E-state index in [1.165, 1.54) is 51.4 Å². The molecule has 1 heterocycles. The van der Waals surface area contributed by atoms with Crippen LogP contribution in [-0.2, 0) is 9.47 Å². The molecule has 0 bridgehead atoms. The summed E-state index contributed by atoms with van der Waals surface area (Å²) in [5, 5.41) is 0. The number of fused-ring (bicyclic) bond motifs is 1. The van der Waals surface area contributed by atoms with Gasteiger partial charge in [0.25, 0.3) is 0 Å². The summed E-state index contributed by atoms with van der Waals surface area (Å²) in [7, 11) is 0. The lowest BCUT2D eigenvalue weighted by Gasteiger charge is -2.46. The van der Waals surface area contributed by atoms with Gasteiger partial charge in [0, 0.05) is 12.8 Å². The fraction of sp³-hybridized carbons (Fsp3) is 1.00. The highest BCUT2D eigenvalue weighted by Gasteiger charge is 2.44. The molecule has 3 aliphatic carbocycles. The molecule has 23 heavy (non-hydrogen) atoms. The van der Waals surface area contributed by atoms with E-state index in [2.05, 4.69) is 6.92 Å². The molecule has 1 aliphatic heterocycles. The molecule has 0 N–H and O–H groups in total. The Morgan fingerprint density at radius 3 is 2.04 bits per heavy atom. The molecule has 0 aromatic heterocycles. The van der Waals surface area contributed by atoms with Crippen LogP contribution in [0.2, 0.25) is 0 Å². The number of rotatable bonds is 3. The highest BCUT2D eigenvalue weighted by Crippen LogP contribution is 2.50. The van der Waals surface area contributed by atoms with Crippen molar-refractivity contribution in [3.05, 3.63) is 0 Å². The van der Waals surface area contributed by atoms with E-state index < -0.39 is 0 Å². The lowest BCUT2D eigenvalue weighted by atomic mass is 9.61. The van der Waals surface area contributed by atoms with Gasteiger partial charge in [-0.2, -0.15) is 0 Å². The lowest BCUT2D eigenvalue weighted by molar-refractivity contribution is -0.186. The van der Waals surface area contributed by atoms with Gasteiger partial charge >= 0.3 is 0 Å². The number of ether oxygens (including phenoxy) is 2. The molecule has 2 heteroatoms. The first-order chi connectivity index (χ1) is 11.3. The normalized spacial score (nSPS) is 41.1. The molecule has 0 amide bonds. The minimum Gasteiger partial charge on any atom is -0.348 e. The van der Waals surface area contributed by atoms with Crippen LogP contribution in [0.4, 0.5) is 0 Å². The van der Waals surface area contributed by atoms with Crippen molar-refractivity contribution in [2.24, 2.45) is 29.6 Å². The molecule has 1 saturated heterocycles. The maximum Gasteiger partial charge on any atom is 0.168 e. The van der Waals surface area contributed by atoms with Crippen molar-refractivity contribution in [2.45, 2.75) is 89.8 Å². The Kier molecular flexibility index (Phi) is 5.02. The zero-order valence-electron chi connectivity index (χ0n) is 15.1. The van der Waals surface area contributed by atoms with E-state index >= 15 is 0 Å². The highest BCUT2D eigenvalue weighted by atomic mass is 16.7. The molecule has 3 saturated carbocycles. The van der Waals surface area contributed by atoms with Gasteiger partial charge in [-0.05, 0) is 74.5 Å². The summed E-state index contributed by atoms with van der Waals surface area (Å²) in [6.07, 6.45) is 17.1. The Hall–Kier alpha value is -0.0800. The summed E-state index contributed by atoms with van der Waals surface area (Å²) in [5.41, 5.74) is 0. The molecule has 132 valence electrons. The quantitative estimate of drug-likeness (QED) is 0.678. The van der Waals surface area contributed by atoms with Crippen LogP contribution in [0.15, 0.2) is 0 Å².